The minimum Gasteiger partial charge on any atom is -0.505 e. The van der Waals surface area contributed by atoms with Crippen LogP contribution in [0.1, 0.15) is 51.2 Å². The fourth-order valence-electron chi connectivity index (χ4n) is 9.34. The number of rotatable bonds is 14. The summed E-state index contributed by atoms with van der Waals surface area (Å²) in [7, 11) is -4.98. The van der Waals surface area contributed by atoms with E-state index in [0.29, 0.717) is 23.1 Å². The molecule has 1 aliphatic heterocycles. The van der Waals surface area contributed by atoms with Crippen LogP contribution in [0.4, 0.5) is 10.1 Å². The Morgan fingerprint density at radius 2 is 1.49 bits per heavy atom. The van der Waals surface area contributed by atoms with Gasteiger partial charge in [-0.1, -0.05) is 136 Å². The number of allylic oxidation sites excluding steroid dienone is 1. The molecule has 5 N–H and O–H groups in total. The van der Waals surface area contributed by atoms with Gasteiger partial charge in [-0.2, -0.15) is 0 Å². The third-order valence-electron chi connectivity index (χ3n) is 12.2. The lowest BCUT2D eigenvalue weighted by Crippen LogP contribution is -2.66. The summed E-state index contributed by atoms with van der Waals surface area (Å²) in [5.74, 6) is -5.09. The summed E-state index contributed by atoms with van der Waals surface area (Å²) in [6.45, 7) is 5.95. The van der Waals surface area contributed by atoms with Crippen molar-refractivity contribution in [3.63, 3.8) is 0 Å². The highest BCUT2D eigenvalue weighted by Crippen LogP contribution is 2.48. The fraction of sp³-hybridized carbons (Fsp3) is 0.265. The number of phenolic OH excluding ortho intramolecular Hbond substituents is 1. The second-order valence-electron chi connectivity index (χ2n) is 16.9. The number of imide groups is 1. The van der Waals surface area contributed by atoms with E-state index in [1.807, 2.05) is 66.7 Å². The molecule has 5 aromatic carbocycles. The number of aliphatic hydroxyl groups is 2. The molecule has 0 bridgehead atoms. The summed E-state index contributed by atoms with van der Waals surface area (Å²) in [4.78, 5) is 30.0. The summed E-state index contributed by atoms with van der Waals surface area (Å²) in [6, 6.07) is 39.8. The molecular formula is C49H51BFNO8Si. The lowest BCUT2D eigenvalue weighted by molar-refractivity contribution is -0.123. The SMILES string of the molecule is CC(C)(C)[Si](OCC1=C([C@H](O)CC/C(=C/c2ccc(O)c(F)c2)c2ccccc2)[C@H](CO)[C@@H]2C(=O)N(c3cccc(B(O)O)c3)C(=O)[C@@H]2C1)(c1ccccc1)c1ccccc1. The number of fused-ring (bicyclic) bond motifs is 1. The maximum absolute atomic E-state index is 14.5. The zero-order valence-electron chi connectivity index (χ0n) is 34.5. The van der Waals surface area contributed by atoms with Crippen LogP contribution in [0.15, 0.2) is 145 Å². The second kappa shape index (κ2) is 18.3. The summed E-state index contributed by atoms with van der Waals surface area (Å²) in [5.41, 5.74) is 3.52. The number of aliphatic hydroxyl groups excluding tert-OH is 2. The van der Waals surface area contributed by atoms with Crippen molar-refractivity contribution in [1.82, 2.24) is 0 Å². The first-order valence-electron chi connectivity index (χ1n) is 20.6. The maximum atomic E-state index is 14.5. The number of amides is 2. The highest BCUT2D eigenvalue weighted by atomic mass is 28.4. The third-order valence-corrected chi connectivity index (χ3v) is 17.2. The van der Waals surface area contributed by atoms with Crippen molar-refractivity contribution < 1.29 is 43.8 Å². The van der Waals surface area contributed by atoms with Crippen LogP contribution < -0.4 is 20.7 Å². The molecule has 2 amide bonds. The topological polar surface area (TPSA) is 148 Å². The van der Waals surface area contributed by atoms with E-state index >= 15 is 0 Å². The zero-order chi connectivity index (χ0) is 43.5. The van der Waals surface area contributed by atoms with Crippen LogP contribution in [-0.4, -0.2) is 71.9 Å². The van der Waals surface area contributed by atoms with Crippen LogP contribution in [0.3, 0.4) is 0 Å². The largest absolute Gasteiger partial charge is 0.505 e. The Kier molecular flexibility index (Phi) is 13.0. The van der Waals surface area contributed by atoms with E-state index in [9.17, 15) is 39.3 Å². The highest BCUT2D eigenvalue weighted by molar-refractivity contribution is 6.99. The lowest BCUT2D eigenvalue weighted by Gasteiger charge is -2.44. The zero-order valence-corrected chi connectivity index (χ0v) is 35.5. The standard InChI is InChI=1S/C49H51BFNO8Si/c1-49(2,3)61(38-18-9-5-10-19-38,39-20-11-6-12-21-39)60-31-35-28-40-46(48(57)52(47(40)56)37-17-13-16-36(29-37)50(58)59)41(30-53)45(35)44(55)25-23-34(33-14-7-4-8-15-33)26-32-22-24-43(54)42(51)27-32/h4-22,24,26-27,29,40-41,44,46,53-55,58-59H,23,25,28,30-31H2,1-3H3/b34-26-/t40-,41+,44-,46-/m1/s1. The summed E-state index contributed by atoms with van der Waals surface area (Å²) >= 11 is 0. The van der Waals surface area contributed by atoms with Crippen LogP contribution in [0.2, 0.25) is 5.04 Å². The first-order valence-corrected chi connectivity index (χ1v) is 22.5. The van der Waals surface area contributed by atoms with Crippen LogP contribution in [0.25, 0.3) is 11.6 Å². The molecule has 0 aromatic heterocycles. The van der Waals surface area contributed by atoms with Gasteiger partial charge in [0.2, 0.25) is 11.8 Å². The average Bonchev–Trinajstić information content (AvgIpc) is 3.51. The molecule has 1 saturated heterocycles. The lowest BCUT2D eigenvalue weighted by atomic mass is 9.68. The van der Waals surface area contributed by atoms with Crippen molar-refractivity contribution >= 4 is 60.4 Å². The molecule has 0 spiro atoms. The number of phenols is 1. The normalized spacial score (nSPS) is 19.0. The molecular weight excluding hydrogens is 788 g/mol. The molecule has 2 aliphatic rings. The van der Waals surface area contributed by atoms with Crippen LogP contribution in [-0.2, 0) is 14.0 Å². The Bertz CT molecular complexity index is 2380. The third kappa shape index (κ3) is 8.70. The van der Waals surface area contributed by atoms with Gasteiger partial charge in [-0.05, 0) is 92.2 Å². The molecule has 314 valence electrons. The molecule has 12 heteroatoms. The number of carbonyl (C=O) groups is 2. The Morgan fingerprint density at radius 1 is 0.869 bits per heavy atom. The van der Waals surface area contributed by atoms with Gasteiger partial charge in [-0.3, -0.25) is 14.5 Å². The van der Waals surface area contributed by atoms with Crippen LogP contribution in [0.5, 0.6) is 5.75 Å². The van der Waals surface area contributed by atoms with Gasteiger partial charge in [0, 0.05) is 5.92 Å². The fourth-order valence-corrected chi connectivity index (χ4v) is 13.9. The molecule has 4 atom stereocenters. The number of hydrogen-bond acceptors (Lipinski definition) is 8. The van der Waals surface area contributed by atoms with Gasteiger partial charge in [0.05, 0.1) is 36.8 Å². The number of nitrogens with zero attached hydrogens (tertiary/aromatic N) is 1. The Hall–Kier alpha value is -5.47. The van der Waals surface area contributed by atoms with Crippen molar-refractivity contribution in [1.29, 1.82) is 0 Å². The van der Waals surface area contributed by atoms with E-state index < -0.39 is 74.3 Å². The van der Waals surface area contributed by atoms with Gasteiger partial charge in [0.1, 0.15) is 0 Å². The molecule has 1 aliphatic carbocycles. The van der Waals surface area contributed by atoms with Gasteiger partial charge >= 0.3 is 7.12 Å². The van der Waals surface area contributed by atoms with E-state index in [1.54, 1.807) is 18.2 Å². The maximum Gasteiger partial charge on any atom is 0.488 e. The predicted molar refractivity (Wildman–Crippen MR) is 239 cm³/mol. The van der Waals surface area contributed by atoms with Crippen LogP contribution >= 0.6 is 0 Å². The number of carbonyl (C=O) groups excluding carboxylic acids is 2. The Balaban J connectivity index is 1.32. The first-order chi connectivity index (χ1) is 29.2. The molecule has 9 nitrogen and oxygen atoms in total. The number of anilines is 1. The van der Waals surface area contributed by atoms with E-state index in [1.165, 1.54) is 30.3 Å². The predicted octanol–water partition coefficient (Wildman–Crippen LogP) is 5.58. The quantitative estimate of drug-likeness (QED) is 0.0422. The van der Waals surface area contributed by atoms with Gasteiger partial charge in [0.25, 0.3) is 8.32 Å². The smallest absolute Gasteiger partial charge is 0.488 e. The van der Waals surface area contributed by atoms with Gasteiger partial charge in [0.15, 0.2) is 11.6 Å². The highest BCUT2D eigenvalue weighted by Gasteiger charge is 2.56. The monoisotopic (exact) mass is 839 g/mol. The van der Waals surface area contributed by atoms with Gasteiger partial charge < -0.3 is 29.8 Å². The van der Waals surface area contributed by atoms with Crippen molar-refractivity contribution in [3.8, 4) is 5.75 Å². The number of halogens is 1. The average molecular weight is 840 g/mol. The molecule has 0 radical (unpaired) electrons. The summed E-state index contributed by atoms with van der Waals surface area (Å²) in [5, 5.41) is 55.1. The minimum atomic E-state index is -3.16. The molecule has 0 saturated carbocycles. The van der Waals surface area contributed by atoms with Crippen molar-refractivity contribution in [2.24, 2.45) is 17.8 Å². The Labute approximate surface area is 357 Å². The van der Waals surface area contributed by atoms with E-state index in [2.05, 4.69) is 45.0 Å². The second-order valence-corrected chi connectivity index (χ2v) is 21.2. The molecule has 7 rings (SSSR count). The van der Waals surface area contributed by atoms with Crippen molar-refractivity contribution in [2.45, 2.75) is 51.2 Å². The molecule has 1 fully saturated rings. The van der Waals surface area contributed by atoms with E-state index in [0.717, 1.165) is 26.4 Å². The summed E-state index contributed by atoms with van der Waals surface area (Å²) in [6.07, 6.45) is 1.16. The number of hydrogen-bond donors (Lipinski definition) is 5. The van der Waals surface area contributed by atoms with Gasteiger partial charge in [-0.15, -0.1) is 0 Å². The molecule has 0 unspecified atom stereocenters. The summed E-state index contributed by atoms with van der Waals surface area (Å²) < 4.78 is 21.9. The molecule has 5 aromatic rings. The minimum absolute atomic E-state index is 0.0151. The molecule has 1 heterocycles. The van der Waals surface area contributed by atoms with Gasteiger partial charge in [-0.25, -0.2) is 4.39 Å². The first kappa shape index (κ1) is 43.6. The van der Waals surface area contributed by atoms with Crippen molar-refractivity contribution in [3.05, 3.63) is 162 Å². The van der Waals surface area contributed by atoms with Crippen molar-refractivity contribution in [2.75, 3.05) is 18.1 Å². The van der Waals surface area contributed by atoms with E-state index in [-0.39, 0.29) is 30.6 Å². The van der Waals surface area contributed by atoms with Crippen LogP contribution in [0, 0.1) is 23.6 Å². The van der Waals surface area contributed by atoms with E-state index in [4.69, 9.17) is 4.43 Å². The number of benzene rings is 5. The number of aromatic hydroxyl groups is 1. The Morgan fingerprint density at radius 3 is 2.07 bits per heavy atom. The molecule has 61 heavy (non-hydrogen) atoms.